The van der Waals surface area contributed by atoms with Gasteiger partial charge in [-0.15, -0.1) is 10.2 Å². The van der Waals surface area contributed by atoms with Crippen LogP contribution in [0.1, 0.15) is 25.5 Å². The predicted octanol–water partition coefficient (Wildman–Crippen LogP) is 2.39. The minimum absolute atomic E-state index is 0.0495. The SMILES string of the molecule is Cc1occc1-c1nnc(SCC(=O)NC(C)C2CC2)n1C. The normalized spacial score (nSPS) is 15.8. The average molecular weight is 320 g/mol. The van der Waals surface area contributed by atoms with Crippen molar-refractivity contribution >= 4 is 17.7 Å². The first kappa shape index (κ1) is 15.1. The molecule has 0 spiro atoms. The van der Waals surface area contributed by atoms with E-state index >= 15 is 0 Å². The molecule has 1 fully saturated rings. The highest BCUT2D eigenvalue weighted by molar-refractivity contribution is 7.99. The third kappa shape index (κ3) is 3.19. The third-order valence-electron chi connectivity index (χ3n) is 3.98. The molecule has 7 heteroatoms. The minimum Gasteiger partial charge on any atom is -0.469 e. The zero-order chi connectivity index (χ0) is 15.7. The fourth-order valence-corrected chi connectivity index (χ4v) is 3.15. The Morgan fingerprint density at radius 1 is 1.55 bits per heavy atom. The fraction of sp³-hybridized carbons (Fsp3) is 0.533. The number of hydrogen-bond acceptors (Lipinski definition) is 5. The van der Waals surface area contributed by atoms with E-state index in [4.69, 9.17) is 4.42 Å². The summed E-state index contributed by atoms with van der Waals surface area (Å²) in [7, 11) is 1.90. The van der Waals surface area contributed by atoms with Crippen LogP contribution in [0.2, 0.25) is 0 Å². The smallest absolute Gasteiger partial charge is 0.230 e. The van der Waals surface area contributed by atoms with Crippen molar-refractivity contribution in [3.63, 3.8) is 0 Å². The molecular formula is C15H20N4O2S. The first-order chi connectivity index (χ1) is 10.6. The molecule has 1 amide bonds. The molecule has 0 aliphatic heterocycles. The Morgan fingerprint density at radius 3 is 2.95 bits per heavy atom. The molecule has 1 atom stereocenters. The number of aryl methyl sites for hydroxylation is 1. The second-order valence-corrected chi connectivity index (χ2v) is 6.68. The molecule has 2 aromatic rings. The van der Waals surface area contributed by atoms with Gasteiger partial charge < -0.3 is 14.3 Å². The molecule has 3 rings (SSSR count). The first-order valence-electron chi connectivity index (χ1n) is 7.42. The molecule has 2 aromatic heterocycles. The van der Waals surface area contributed by atoms with Crippen molar-refractivity contribution in [3.8, 4) is 11.4 Å². The lowest BCUT2D eigenvalue weighted by molar-refractivity contribution is -0.119. The molecule has 0 bridgehead atoms. The number of thioether (sulfide) groups is 1. The van der Waals surface area contributed by atoms with Crippen LogP contribution in [-0.2, 0) is 11.8 Å². The van der Waals surface area contributed by atoms with Crippen LogP contribution in [0.15, 0.2) is 21.9 Å². The van der Waals surface area contributed by atoms with Gasteiger partial charge in [0.05, 0.1) is 17.6 Å². The number of amides is 1. The molecule has 118 valence electrons. The zero-order valence-corrected chi connectivity index (χ0v) is 13.8. The number of furan rings is 1. The van der Waals surface area contributed by atoms with Gasteiger partial charge in [-0.1, -0.05) is 11.8 Å². The maximum atomic E-state index is 12.0. The Morgan fingerprint density at radius 2 is 2.32 bits per heavy atom. The summed E-state index contributed by atoms with van der Waals surface area (Å²) >= 11 is 1.40. The Bertz CT molecular complexity index is 675. The van der Waals surface area contributed by atoms with Gasteiger partial charge in [0.15, 0.2) is 11.0 Å². The molecule has 1 aliphatic rings. The second kappa shape index (κ2) is 6.16. The van der Waals surface area contributed by atoms with E-state index in [1.54, 1.807) is 6.26 Å². The molecule has 0 saturated heterocycles. The van der Waals surface area contributed by atoms with Crippen LogP contribution in [0.4, 0.5) is 0 Å². The van der Waals surface area contributed by atoms with Crippen molar-refractivity contribution < 1.29 is 9.21 Å². The zero-order valence-electron chi connectivity index (χ0n) is 13.0. The highest BCUT2D eigenvalue weighted by Gasteiger charge is 2.28. The Kier molecular flexibility index (Phi) is 4.24. The molecular weight excluding hydrogens is 300 g/mol. The summed E-state index contributed by atoms with van der Waals surface area (Å²) in [6.45, 7) is 3.96. The largest absolute Gasteiger partial charge is 0.469 e. The molecule has 1 unspecified atom stereocenters. The molecule has 1 saturated carbocycles. The fourth-order valence-electron chi connectivity index (χ4n) is 2.43. The molecule has 22 heavy (non-hydrogen) atoms. The molecule has 1 N–H and O–H groups in total. The highest BCUT2D eigenvalue weighted by Crippen LogP contribution is 2.32. The monoisotopic (exact) mass is 320 g/mol. The first-order valence-corrected chi connectivity index (χ1v) is 8.41. The molecule has 2 heterocycles. The van der Waals surface area contributed by atoms with Crippen molar-refractivity contribution in [2.75, 3.05) is 5.75 Å². The van der Waals surface area contributed by atoms with Gasteiger partial charge in [-0.2, -0.15) is 0 Å². The summed E-state index contributed by atoms with van der Waals surface area (Å²) < 4.78 is 7.19. The van der Waals surface area contributed by atoms with Crippen molar-refractivity contribution in [2.24, 2.45) is 13.0 Å². The molecule has 0 radical (unpaired) electrons. The van der Waals surface area contributed by atoms with Gasteiger partial charge in [0.25, 0.3) is 0 Å². The van der Waals surface area contributed by atoms with Crippen molar-refractivity contribution in [2.45, 2.75) is 37.9 Å². The van der Waals surface area contributed by atoms with E-state index in [0.717, 1.165) is 22.3 Å². The minimum atomic E-state index is 0.0495. The molecule has 0 aromatic carbocycles. The number of carbonyl (C=O) groups excluding carboxylic acids is 1. The summed E-state index contributed by atoms with van der Waals surface area (Å²) in [6.07, 6.45) is 4.09. The van der Waals surface area contributed by atoms with E-state index in [0.29, 0.717) is 11.7 Å². The van der Waals surface area contributed by atoms with E-state index in [9.17, 15) is 4.79 Å². The Labute approximate surface area is 133 Å². The average Bonchev–Trinajstić information content (AvgIpc) is 3.17. The Hall–Kier alpha value is -1.76. The quantitative estimate of drug-likeness (QED) is 0.827. The van der Waals surface area contributed by atoms with Crippen LogP contribution < -0.4 is 5.32 Å². The van der Waals surface area contributed by atoms with Gasteiger partial charge in [0.2, 0.25) is 5.91 Å². The number of hydrogen-bond donors (Lipinski definition) is 1. The van der Waals surface area contributed by atoms with Gasteiger partial charge in [0, 0.05) is 13.1 Å². The standard InChI is InChI=1S/C15H20N4O2S/c1-9(11-4-5-11)16-13(20)8-22-15-18-17-14(19(15)3)12-6-7-21-10(12)2/h6-7,9,11H,4-5,8H2,1-3H3,(H,16,20). The van der Waals surface area contributed by atoms with Crippen LogP contribution in [-0.4, -0.2) is 32.5 Å². The van der Waals surface area contributed by atoms with Crippen LogP contribution in [0.3, 0.4) is 0 Å². The molecule has 1 aliphatic carbocycles. The van der Waals surface area contributed by atoms with E-state index in [-0.39, 0.29) is 11.9 Å². The van der Waals surface area contributed by atoms with Gasteiger partial charge in [-0.25, -0.2) is 0 Å². The van der Waals surface area contributed by atoms with E-state index < -0.39 is 0 Å². The van der Waals surface area contributed by atoms with Crippen LogP contribution in [0.5, 0.6) is 0 Å². The van der Waals surface area contributed by atoms with Crippen LogP contribution in [0, 0.1) is 12.8 Å². The van der Waals surface area contributed by atoms with E-state index in [1.165, 1.54) is 24.6 Å². The lowest BCUT2D eigenvalue weighted by atomic mass is 10.2. The Balaban J connectivity index is 1.60. The maximum absolute atomic E-state index is 12.0. The number of nitrogens with one attached hydrogen (secondary N) is 1. The predicted molar refractivity (Wildman–Crippen MR) is 84.5 cm³/mol. The van der Waals surface area contributed by atoms with Gasteiger partial charge in [-0.05, 0) is 38.7 Å². The summed E-state index contributed by atoms with van der Waals surface area (Å²) in [5.74, 6) is 2.63. The number of aromatic nitrogens is 3. The van der Waals surface area contributed by atoms with Crippen LogP contribution >= 0.6 is 11.8 Å². The van der Waals surface area contributed by atoms with Crippen molar-refractivity contribution in [1.29, 1.82) is 0 Å². The third-order valence-corrected chi connectivity index (χ3v) is 5.00. The number of nitrogens with zero attached hydrogens (tertiary/aromatic N) is 3. The summed E-state index contributed by atoms with van der Waals surface area (Å²) in [5.41, 5.74) is 0.925. The van der Waals surface area contributed by atoms with Crippen molar-refractivity contribution in [3.05, 3.63) is 18.1 Å². The number of carbonyl (C=O) groups is 1. The topological polar surface area (TPSA) is 72.9 Å². The number of rotatable bonds is 6. The maximum Gasteiger partial charge on any atom is 0.230 e. The van der Waals surface area contributed by atoms with Crippen molar-refractivity contribution in [1.82, 2.24) is 20.1 Å². The van der Waals surface area contributed by atoms with Gasteiger partial charge in [-0.3, -0.25) is 4.79 Å². The van der Waals surface area contributed by atoms with Crippen LogP contribution in [0.25, 0.3) is 11.4 Å². The lowest BCUT2D eigenvalue weighted by Gasteiger charge is -2.12. The van der Waals surface area contributed by atoms with E-state index in [2.05, 4.69) is 22.4 Å². The summed E-state index contributed by atoms with van der Waals surface area (Å²) in [6, 6.07) is 2.15. The summed E-state index contributed by atoms with van der Waals surface area (Å²) in [4.78, 5) is 12.0. The van der Waals surface area contributed by atoms with Gasteiger partial charge in [0.1, 0.15) is 5.76 Å². The van der Waals surface area contributed by atoms with E-state index in [1.807, 2.05) is 24.6 Å². The highest BCUT2D eigenvalue weighted by atomic mass is 32.2. The summed E-state index contributed by atoms with van der Waals surface area (Å²) in [5, 5.41) is 12.1. The van der Waals surface area contributed by atoms with Gasteiger partial charge >= 0.3 is 0 Å². The molecule has 6 nitrogen and oxygen atoms in total. The lowest BCUT2D eigenvalue weighted by Crippen LogP contribution is -2.35. The second-order valence-electron chi connectivity index (χ2n) is 5.74.